The maximum Gasteiger partial charge on any atom is 0.313 e. The molecule has 8 atom stereocenters. The zero-order valence-electron chi connectivity index (χ0n) is 25.9. The van der Waals surface area contributed by atoms with E-state index in [2.05, 4.69) is 5.32 Å². The third-order valence-corrected chi connectivity index (χ3v) is 9.70. The van der Waals surface area contributed by atoms with Gasteiger partial charge in [-0.15, -0.1) is 0 Å². The fourth-order valence-corrected chi connectivity index (χ4v) is 7.08. The van der Waals surface area contributed by atoms with Crippen LogP contribution in [0.2, 0.25) is 0 Å². The van der Waals surface area contributed by atoms with Gasteiger partial charge in [-0.1, -0.05) is 88.2 Å². The number of carbonyl (C=O) groups is 4. The summed E-state index contributed by atoms with van der Waals surface area (Å²) in [5, 5.41) is 13.5. The monoisotopic (exact) mass is 607 g/mol. The van der Waals surface area contributed by atoms with Gasteiger partial charge in [0.15, 0.2) is 0 Å². The summed E-state index contributed by atoms with van der Waals surface area (Å²) in [5.41, 5.74) is -0.647. The summed E-state index contributed by atoms with van der Waals surface area (Å²) >= 11 is 0. The Bertz CT molecular complexity index is 1280. The molecule has 1 spiro atoms. The van der Waals surface area contributed by atoms with Crippen molar-refractivity contribution in [2.45, 2.75) is 82.8 Å². The van der Waals surface area contributed by atoms with Gasteiger partial charge in [0, 0.05) is 19.5 Å². The van der Waals surface area contributed by atoms with Gasteiger partial charge in [-0.05, 0) is 24.3 Å². The van der Waals surface area contributed by atoms with E-state index in [9.17, 15) is 24.3 Å². The molecule has 44 heavy (non-hydrogen) atoms. The number of likely N-dealkylation sites (tertiary alicyclic amines) is 1. The topological polar surface area (TPSA) is 125 Å². The third-order valence-electron chi connectivity index (χ3n) is 9.70. The van der Waals surface area contributed by atoms with Gasteiger partial charge in [0.25, 0.3) is 0 Å². The molecule has 1 aromatic rings. The van der Waals surface area contributed by atoms with Gasteiger partial charge in [-0.25, -0.2) is 0 Å². The number of esters is 1. The van der Waals surface area contributed by atoms with E-state index in [0.29, 0.717) is 31.5 Å². The number of nitrogens with one attached hydrogen (secondary N) is 1. The van der Waals surface area contributed by atoms with E-state index in [1.807, 2.05) is 63.3 Å². The molecule has 0 radical (unpaired) electrons. The quantitative estimate of drug-likeness (QED) is 0.344. The lowest BCUT2D eigenvalue weighted by molar-refractivity contribution is -0.160. The fraction of sp³-hybridized carbons (Fsp3) is 0.588. The number of aliphatic hydroxyl groups excluding tert-OH is 1. The molecule has 2 fully saturated rings. The summed E-state index contributed by atoms with van der Waals surface area (Å²) in [6.07, 6.45) is 8.86. The van der Waals surface area contributed by atoms with Crippen molar-refractivity contribution in [3.63, 3.8) is 0 Å². The second kappa shape index (κ2) is 13.6. The lowest BCUT2D eigenvalue weighted by atomic mass is 9.74. The van der Waals surface area contributed by atoms with Crippen LogP contribution in [0, 0.1) is 17.8 Å². The SMILES string of the molecule is CCCCN1C/C=C\CCC(=O)NC[C@H](c2ccccc2)OC(=O)[C@@H]2[C@H]3C(=O)N([C@@H](CO)[C@@H](C)CC)[C@H](C1=O)[C@]31C=C[C@H]2O1. The van der Waals surface area contributed by atoms with E-state index in [4.69, 9.17) is 9.47 Å². The fourth-order valence-electron chi connectivity index (χ4n) is 7.08. The number of ether oxygens (including phenoxy) is 2. The number of carbonyl (C=O) groups excluding carboxylic acids is 4. The van der Waals surface area contributed by atoms with E-state index in [-0.39, 0.29) is 43.2 Å². The number of nitrogens with zero attached hydrogens (tertiary/aromatic N) is 2. The molecule has 10 heteroatoms. The van der Waals surface area contributed by atoms with Crippen molar-refractivity contribution in [2.75, 3.05) is 26.2 Å². The Morgan fingerprint density at radius 1 is 1.09 bits per heavy atom. The molecule has 5 rings (SSSR count). The molecule has 10 nitrogen and oxygen atoms in total. The van der Waals surface area contributed by atoms with E-state index in [0.717, 1.165) is 12.8 Å². The molecule has 2 N–H and O–H groups in total. The lowest BCUT2D eigenvalue weighted by Gasteiger charge is -2.40. The maximum absolute atomic E-state index is 14.6. The highest BCUT2D eigenvalue weighted by Gasteiger charge is 2.74. The van der Waals surface area contributed by atoms with Crippen molar-refractivity contribution in [3.05, 3.63) is 60.2 Å². The molecule has 0 aliphatic carbocycles. The summed E-state index contributed by atoms with van der Waals surface area (Å²) in [6, 6.07) is 7.50. The maximum atomic E-state index is 14.6. The van der Waals surface area contributed by atoms with E-state index < -0.39 is 47.7 Å². The normalized spacial score (nSPS) is 32.8. The molecule has 4 aliphatic rings. The Balaban J connectivity index is 1.59. The molecule has 0 aromatic heterocycles. The summed E-state index contributed by atoms with van der Waals surface area (Å²) in [5.74, 6) is -3.52. The van der Waals surface area contributed by atoms with Crippen LogP contribution < -0.4 is 5.32 Å². The third kappa shape index (κ3) is 5.81. The van der Waals surface area contributed by atoms with E-state index in [1.54, 1.807) is 17.1 Å². The van der Waals surface area contributed by atoms with Gasteiger partial charge < -0.3 is 29.7 Å². The van der Waals surface area contributed by atoms with Crippen LogP contribution in [0.25, 0.3) is 0 Å². The number of aliphatic hydroxyl groups is 1. The number of allylic oxidation sites excluding steroid dienone is 1. The predicted octanol–water partition coefficient (Wildman–Crippen LogP) is 2.92. The second-order valence-corrected chi connectivity index (χ2v) is 12.4. The first kappa shape index (κ1) is 31.9. The van der Waals surface area contributed by atoms with Crippen LogP contribution >= 0.6 is 0 Å². The highest BCUT2D eigenvalue weighted by molar-refractivity contribution is 5.99. The number of cyclic esters (lactones) is 1. The van der Waals surface area contributed by atoms with Crippen molar-refractivity contribution in [3.8, 4) is 0 Å². The van der Waals surface area contributed by atoms with Crippen LogP contribution in [0.15, 0.2) is 54.6 Å². The molecule has 4 aliphatic heterocycles. The number of hydrogen-bond donors (Lipinski definition) is 2. The number of fused-ring (bicyclic) bond motifs is 2. The van der Waals surface area contributed by atoms with Crippen LogP contribution in [0.5, 0.6) is 0 Å². The van der Waals surface area contributed by atoms with Crippen molar-refractivity contribution in [2.24, 2.45) is 17.8 Å². The van der Waals surface area contributed by atoms with Crippen molar-refractivity contribution >= 4 is 23.7 Å². The Morgan fingerprint density at radius 2 is 1.86 bits per heavy atom. The van der Waals surface area contributed by atoms with Gasteiger partial charge in [-0.3, -0.25) is 19.2 Å². The first-order valence-electron chi connectivity index (χ1n) is 16.0. The zero-order valence-corrected chi connectivity index (χ0v) is 25.9. The average molecular weight is 608 g/mol. The molecular formula is C34H45N3O7. The molecule has 4 heterocycles. The molecule has 2 saturated heterocycles. The lowest BCUT2D eigenvalue weighted by Crippen LogP contribution is -2.59. The van der Waals surface area contributed by atoms with Gasteiger partial charge in [0.05, 0.1) is 31.2 Å². The number of benzene rings is 1. The summed E-state index contributed by atoms with van der Waals surface area (Å²) < 4.78 is 12.6. The predicted molar refractivity (Wildman–Crippen MR) is 163 cm³/mol. The van der Waals surface area contributed by atoms with Gasteiger partial charge in [0.2, 0.25) is 17.7 Å². The van der Waals surface area contributed by atoms with Crippen LogP contribution in [-0.4, -0.2) is 88.6 Å². The summed E-state index contributed by atoms with van der Waals surface area (Å²) in [7, 11) is 0. The number of hydrogen-bond acceptors (Lipinski definition) is 7. The average Bonchev–Trinajstić information content (AvgIpc) is 3.68. The second-order valence-electron chi connectivity index (χ2n) is 12.4. The van der Waals surface area contributed by atoms with E-state index >= 15 is 0 Å². The van der Waals surface area contributed by atoms with Crippen molar-refractivity contribution in [1.82, 2.24) is 15.1 Å². The Kier molecular flexibility index (Phi) is 9.90. The summed E-state index contributed by atoms with van der Waals surface area (Å²) in [4.78, 5) is 59.1. The minimum absolute atomic E-state index is 0.0781. The molecule has 3 amide bonds. The Hall–Kier alpha value is -3.50. The zero-order chi connectivity index (χ0) is 31.4. The molecule has 0 saturated carbocycles. The van der Waals surface area contributed by atoms with Crippen LogP contribution in [-0.2, 0) is 28.7 Å². The van der Waals surface area contributed by atoms with Gasteiger partial charge in [-0.2, -0.15) is 0 Å². The molecule has 1 aromatic carbocycles. The number of unbranched alkanes of at least 4 members (excludes halogenated alkanes) is 1. The van der Waals surface area contributed by atoms with Crippen LogP contribution in [0.3, 0.4) is 0 Å². The first-order chi connectivity index (χ1) is 21.3. The van der Waals surface area contributed by atoms with Crippen molar-refractivity contribution in [1.29, 1.82) is 0 Å². The van der Waals surface area contributed by atoms with E-state index in [1.165, 1.54) is 4.90 Å². The smallest absolute Gasteiger partial charge is 0.313 e. The first-order valence-corrected chi connectivity index (χ1v) is 16.0. The minimum atomic E-state index is -1.36. The van der Waals surface area contributed by atoms with Gasteiger partial charge in [0.1, 0.15) is 23.7 Å². The summed E-state index contributed by atoms with van der Waals surface area (Å²) in [6.45, 7) is 6.53. The highest BCUT2D eigenvalue weighted by atomic mass is 16.6. The van der Waals surface area contributed by atoms with Crippen LogP contribution in [0.1, 0.15) is 64.5 Å². The number of amides is 3. The van der Waals surface area contributed by atoms with Crippen LogP contribution in [0.4, 0.5) is 0 Å². The highest BCUT2D eigenvalue weighted by Crippen LogP contribution is 2.56. The van der Waals surface area contributed by atoms with Crippen molar-refractivity contribution < 1.29 is 33.8 Å². The van der Waals surface area contributed by atoms with Gasteiger partial charge >= 0.3 is 5.97 Å². The largest absolute Gasteiger partial charge is 0.455 e. The Morgan fingerprint density at radius 3 is 2.57 bits per heavy atom. The molecule has 0 unspecified atom stereocenters. The minimum Gasteiger partial charge on any atom is -0.455 e. The molecular weight excluding hydrogens is 562 g/mol. The Labute approximate surface area is 259 Å². The standard InChI is InChI=1S/C34H45N3O7/c1-4-6-18-36-19-12-8-11-15-27(39)35-20-26(23-13-9-7-10-14-23)43-33(42)28-25-16-17-34(44-25)29(28)31(40)37(30(34)32(36)41)24(21-38)22(3)5-2/h7-10,12-14,16-17,22,24-26,28-30,38H,4-6,11,15,18-21H2,1-3H3,(H,35,39)/b12-8-/t22-,24-,25+,26+,28-,29-,30+,34-/m0/s1. The number of rotatable bonds is 8. The molecule has 5 bridgehead atoms. The molecule has 238 valence electrons.